The van der Waals surface area contributed by atoms with E-state index in [0.717, 1.165) is 0 Å². The summed E-state index contributed by atoms with van der Waals surface area (Å²) in [5, 5.41) is 0. The van der Waals surface area contributed by atoms with Gasteiger partial charge in [0.25, 0.3) is 0 Å². The van der Waals surface area contributed by atoms with Crippen molar-refractivity contribution in [3.8, 4) is 0 Å². The molecule has 4 heteroatoms. The Bertz CT molecular complexity index is 461. The SMILES string of the molecule is C=C(C)C(=O)OCCOC(=O)C(=C)C.Cc1ccccc1. The Hall–Kier alpha value is -2.36. The molecule has 21 heavy (non-hydrogen) atoms. The molecule has 4 nitrogen and oxygen atoms in total. The first-order valence-electron chi connectivity index (χ1n) is 6.51. The minimum atomic E-state index is -0.489. The van der Waals surface area contributed by atoms with Crippen LogP contribution in [0.4, 0.5) is 0 Å². The van der Waals surface area contributed by atoms with Crippen LogP contribution in [-0.4, -0.2) is 25.2 Å². The zero-order valence-electron chi connectivity index (χ0n) is 12.8. The molecule has 0 fully saturated rings. The maximum absolute atomic E-state index is 10.8. The smallest absolute Gasteiger partial charge is 0.333 e. The zero-order valence-corrected chi connectivity index (χ0v) is 12.8. The monoisotopic (exact) mass is 290 g/mol. The normalized spacial score (nSPS) is 8.90. The van der Waals surface area contributed by atoms with Gasteiger partial charge in [-0.15, -0.1) is 0 Å². The predicted molar refractivity (Wildman–Crippen MR) is 82.7 cm³/mol. The maximum Gasteiger partial charge on any atom is 0.333 e. The van der Waals surface area contributed by atoms with Gasteiger partial charge in [-0.2, -0.15) is 0 Å². The molecule has 1 aromatic rings. The molecule has 0 saturated heterocycles. The van der Waals surface area contributed by atoms with E-state index in [2.05, 4.69) is 41.7 Å². The summed E-state index contributed by atoms with van der Waals surface area (Å²) in [5.74, 6) is -0.979. The van der Waals surface area contributed by atoms with Crippen LogP contribution >= 0.6 is 0 Å². The number of esters is 2. The fraction of sp³-hybridized carbons (Fsp3) is 0.294. The molecule has 0 radical (unpaired) electrons. The van der Waals surface area contributed by atoms with Gasteiger partial charge in [0.2, 0.25) is 0 Å². The minimum Gasteiger partial charge on any atom is -0.459 e. The number of carbonyl (C=O) groups is 2. The van der Waals surface area contributed by atoms with Gasteiger partial charge in [-0.25, -0.2) is 9.59 Å². The fourth-order valence-corrected chi connectivity index (χ4v) is 1.05. The van der Waals surface area contributed by atoms with Crippen LogP contribution < -0.4 is 0 Å². The molecule has 0 N–H and O–H groups in total. The predicted octanol–water partition coefficient (Wildman–Crippen LogP) is 3.22. The number of hydrogen-bond acceptors (Lipinski definition) is 4. The highest BCUT2D eigenvalue weighted by molar-refractivity contribution is 5.87. The lowest BCUT2D eigenvalue weighted by molar-refractivity contribution is -0.147. The molecule has 0 amide bonds. The van der Waals surface area contributed by atoms with E-state index in [-0.39, 0.29) is 13.2 Å². The highest BCUT2D eigenvalue weighted by atomic mass is 16.6. The Morgan fingerprint density at radius 3 is 1.52 bits per heavy atom. The lowest BCUT2D eigenvalue weighted by Gasteiger charge is -2.05. The second kappa shape index (κ2) is 10.4. The van der Waals surface area contributed by atoms with Crippen molar-refractivity contribution in [3.05, 3.63) is 60.2 Å². The molecule has 0 heterocycles. The van der Waals surface area contributed by atoms with Crippen LogP contribution in [0.2, 0.25) is 0 Å². The molecule has 0 saturated carbocycles. The summed E-state index contributed by atoms with van der Waals surface area (Å²) in [4.78, 5) is 21.7. The van der Waals surface area contributed by atoms with Crippen LogP contribution in [0.15, 0.2) is 54.6 Å². The van der Waals surface area contributed by atoms with Gasteiger partial charge in [-0.3, -0.25) is 0 Å². The fourth-order valence-electron chi connectivity index (χ4n) is 1.05. The molecule has 0 aromatic heterocycles. The largest absolute Gasteiger partial charge is 0.459 e. The Labute approximate surface area is 126 Å². The van der Waals surface area contributed by atoms with Crippen molar-refractivity contribution in [1.29, 1.82) is 0 Å². The number of hydrogen-bond donors (Lipinski definition) is 0. The van der Waals surface area contributed by atoms with E-state index >= 15 is 0 Å². The van der Waals surface area contributed by atoms with Gasteiger partial charge in [-0.05, 0) is 20.8 Å². The second-order valence-electron chi connectivity index (χ2n) is 4.49. The summed E-state index contributed by atoms with van der Waals surface area (Å²) in [7, 11) is 0. The summed E-state index contributed by atoms with van der Waals surface area (Å²) < 4.78 is 9.38. The minimum absolute atomic E-state index is 0.0325. The number of rotatable bonds is 5. The van der Waals surface area contributed by atoms with Crippen LogP contribution in [0.25, 0.3) is 0 Å². The molecule has 0 unspecified atom stereocenters. The first kappa shape index (κ1) is 18.6. The highest BCUT2D eigenvalue weighted by Crippen LogP contribution is 1.94. The van der Waals surface area contributed by atoms with Crippen LogP contribution in [0.3, 0.4) is 0 Å². The number of benzene rings is 1. The highest BCUT2D eigenvalue weighted by Gasteiger charge is 2.05. The number of aryl methyl sites for hydroxylation is 1. The first-order valence-corrected chi connectivity index (χ1v) is 6.51. The molecule has 0 aliphatic rings. The van der Waals surface area contributed by atoms with Crippen molar-refractivity contribution >= 4 is 11.9 Å². The quantitative estimate of drug-likeness (QED) is 0.474. The first-order chi connectivity index (χ1) is 9.84. The van der Waals surface area contributed by atoms with Gasteiger partial charge < -0.3 is 9.47 Å². The number of carbonyl (C=O) groups excluding carboxylic acids is 2. The topological polar surface area (TPSA) is 52.6 Å². The average Bonchev–Trinajstić information content (AvgIpc) is 2.44. The van der Waals surface area contributed by atoms with Crippen LogP contribution in [0, 0.1) is 6.92 Å². The van der Waals surface area contributed by atoms with Gasteiger partial charge in [0.15, 0.2) is 0 Å². The Morgan fingerprint density at radius 1 is 0.905 bits per heavy atom. The summed E-state index contributed by atoms with van der Waals surface area (Å²) in [6, 6.07) is 10.3. The van der Waals surface area contributed by atoms with Gasteiger partial charge in [0, 0.05) is 11.1 Å². The van der Waals surface area contributed by atoms with Crippen LogP contribution in [0.5, 0.6) is 0 Å². The van der Waals surface area contributed by atoms with E-state index in [1.165, 1.54) is 5.56 Å². The third-order valence-electron chi connectivity index (χ3n) is 2.19. The average molecular weight is 290 g/mol. The molecular formula is C17H22O4. The molecule has 114 valence electrons. The van der Waals surface area contributed by atoms with E-state index < -0.39 is 11.9 Å². The molecule has 1 rings (SSSR count). The zero-order chi connectivity index (χ0) is 16.3. The Morgan fingerprint density at radius 2 is 1.29 bits per heavy atom. The summed E-state index contributed by atoms with van der Waals surface area (Å²) >= 11 is 0. The van der Waals surface area contributed by atoms with E-state index in [4.69, 9.17) is 0 Å². The third kappa shape index (κ3) is 10.1. The standard InChI is InChI=1S/C10H14O4.C7H8/c1-7(2)9(11)13-5-6-14-10(12)8(3)4;1-7-5-3-2-4-6-7/h1,3,5-6H2,2,4H3;2-6H,1H3. The van der Waals surface area contributed by atoms with Crippen LogP contribution in [0.1, 0.15) is 19.4 Å². The molecular weight excluding hydrogens is 268 g/mol. The molecule has 0 bridgehead atoms. The van der Waals surface area contributed by atoms with Crippen molar-refractivity contribution in [2.24, 2.45) is 0 Å². The van der Waals surface area contributed by atoms with Crippen molar-refractivity contribution in [2.45, 2.75) is 20.8 Å². The lowest BCUT2D eigenvalue weighted by atomic mass is 10.2. The molecule has 0 aliphatic carbocycles. The van der Waals surface area contributed by atoms with Crippen molar-refractivity contribution in [2.75, 3.05) is 13.2 Å². The van der Waals surface area contributed by atoms with Crippen molar-refractivity contribution in [1.82, 2.24) is 0 Å². The van der Waals surface area contributed by atoms with Gasteiger partial charge in [0.05, 0.1) is 0 Å². The van der Waals surface area contributed by atoms with E-state index in [1.54, 1.807) is 13.8 Å². The number of ether oxygens (including phenoxy) is 2. The lowest BCUT2D eigenvalue weighted by Crippen LogP contribution is -2.14. The second-order valence-corrected chi connectivity index (χ2v) is 4.49. The third-order valence-corrected chi connectivity index (χ3v) is 2.19. The van der Waals surface area contributed by atoms with Gasteiger partial charge in [0.1, 0.15) is 13.2 Å². The molecule has 0 atom stereocenters. The molecule has 0 aliphatic heterocycles. The molecule has 1 aromatic carbocycles. The summed E-state index contributed by atoms with van der Waals surface area (Å²) in [5.41, 5.74) is 1.95. The van der Waals surface area contributed by atoms with Crippen molar-refractivity contribution in [3.63, 3.8) is 0 Å². The van der Waals surface area contributed by atoms with Gasteiger partial charge >= 0.3 is 11.9 Å². The maximum atomic E-state index is 10.8. The Kier molecular flexibility index (Phi) is 9.26. The van der Waals surface area contributed by atoms with E-state index in [9.17, 15) is 9.59 Å². The van der Waals surface area contributed by atoms with Crippen LogP contribution in [-0.2, 0) is 19.1 Å². The van der Waals surface area contributed by atoms with Gasteiger partial charge in [-0.1, -0.05) is 49.1 Å². The summed E-state index contributed by atoms with van der Waals surface area (Å²) in [6.45, 7) is 12.0. The van der Waals surface area contributed by atoms with Crippen molar-refractivity contribution < 1.29 is 19.1 Å². The molecule has 0 spiro atoms. The Balaban J connectivity index is 0.000000471. The summed E-state index contributed by atoms with van der Waals surface area (Å²) in [6.07, 6.45) is 0. The van der Waals surface area contributed by atoms with E-state index in [1.807, 2.05) is 18.2 Å². The van der Waals surface area contributed by atoms with E-state index in [0.29, 0.717) is 11.1 Å².